The van der Waals surface area contributed by atoms with Gasteiger partial charge in [-0.05, 0) is 60.4 Å². The Morgan fingerprint density at radius 1 is 1.25 bits per heavy atom. The molecule has 1 amide bonds. The van der Waals surface area contributed by atoms with E-state index in [-0.39, 0.29) is 0 Å². The number of aromatic nitrogens is 1. The van der Waals surface area contributed by atoms with Crippen LogP contribution in [0.5, 0.6) is 0 Å². The lowest BCUT2D eigenvalue weighted by molar-refractivity contribution is -0.133. The van der Waals surface area contributed by atoms with Gasteiger partial charge in [0.15, 0.2) is 0 Å². The van der Waals surface area contributed by atoms with E-state index in [9.17, 15) is 4.79 Å². The molecule has 5 rings (SSSR count). The summed E-state index contributed by atoms with van der Waals surface area (Å²) in [6.07, 6.45) is 3.70. The number of carbonyl (C=O) groups is 1. The fourth-order valence-corrected chi connectivity index (χ4v) is 5.73. The minimum atomic E-state index is 0.358. The number of pyridine rings is 1. The second kappa shape index (κ2) is 7.12. The van der Waals surface area contributed by atoms with Crippen LogP contribution in [0.4, 0.5) is 0 Å². The van der Waals surface area contributed by atoms with Crippen molar-refractivity contribution < 1.29 is 4.79 Å². The number of nitrogens with two attached hydrogens (primary N) is 1. The summed E-state index contributed by atoms with van der Waals surface area (Å²) in [5, 5.41) is 4.62. The first kappa shape index (κ1) is 18.1. The highest BCUT2D eigenvalue weighted by atomic mass is 16.2. The van der Waals surface area contributed by atoms with Crippen molar-refractivity contribution in [3.05, 3.63) is 41.6 Å². The quantitative estimate of drug-likeness (QED) is 0.858. The van der Waals surface area contributed by atoms with E-state index in [0.717, 1.165) is 61.9 Å². The maximum absolute atomic E-state index is 13.0. The molecule has 2 aromatic rings. The molecule has 28 heavy (non-hydrogen) atoms. The number of nitrogens with zero attached hydrogens (tertiary/aromatic N) is 2. The molecule has 3 aliphatic rings. The number of benzene rings is 1. The van der Waals surface area contributed by atoms with Crippen molar-refractivity contribution in [3.8, 4) is 0 Å². The van der Waals surface area contributed by atoms with Crippen LogP contribution in [0.1, 0.15) is 36.8 Å². The SMILES string of the molecule is C[C@@H]1C[C@H](c2ccc(CN)c3ncccc23)CN(C(=O)CC2[C@H]3CNC[C@@H]23)C1. The fourth-order valence-electron chi connectivity index (χ4n) is 5.73. The maximum atomic E-state index is 13.0. The second-order valence-electron chi connectivity index (χ2n) is 9.11. The summed E-state index contributed by atoms with van der Waals surface area (Å²) in [6.45, 7) is 6.71. The van der Waals surface area contributed by atoms with Crippen LogP contribution < -0.4 is 11.1 Å². The molecule has 0 radical (unpaired) electrons. The van der Waals surface area contributed by atoms with Gasteiger partial charge in [-0.3, -0.25) is 9.78 Å². The first-order valence-electron chi connectivity index (χ1n) is 10.7. The second-order valence-corrected chi connectivity index (χ2v) is 9.11. The van der Waals surface area contributed by atoms with Gasteiger partial charge in [0.05, 0.1) is 5.52 Å². The Hall–Kier alpha value is -1.98. The zero-order valence-corrected chi connectivity index (χ0v) is 16.6. The predicted molar refractivity (Wildman–Crippen MR) is 111 cm³/mol. The normalized spacial score (nSPS) is 31.8. The number of nitrogens with one attached hydrogen (secondary N) is 1. The molecule has 1 aromatic heterocycles. The Morgan fingerprint density at radius 2 is 2.07 bits per heavy atom. The first-order valence-corrected chi connectivity index (χ1v) is 10.7. The minimum Gasteiger partial charge on any atom is -0.342 e. The number of hydrogen-bond donors (Lipinski definition) is 2. The van der Waals surface area contributed by atoms with Crippen LogP contribution in [0.3, 0.4) is 0 Å². The van der Waals surface area contributed by atoms with Crippen LogP contribution in [0.25, 0.3) is 10.9 Å². The highest BCUT2D eigenvalue weighted by Crippen LogP contribution is 2.51. The molecule has 1 unspecified atom stereocenters. The molecule has 1 aliphatic carbocycles. The number of amides is 1. The zero-order chi connectivity index (χ0) is 19.3. The smallest absolute Gasteiger partial charge is 0.222 e. The summed E-state index contributed by atoms with van der Waals surface area (Å²) in [6, 6.07) is 8.49. The summed E-state index contributed by atoms with van der Waals surface area (Å²) < 4.78 is 0. The van der Waals surface area contributed by atoms with Crippen molar-refractivity contribution in [2.75, 3.05) is 26.2 Å². The molecule has 0 spiro atoms. The summed E-state index contributed by atoms with van der Waals surface area (Å²) >= 11 is 0. The van der Waals surface area contributed by atoms with Crippen molar-refractivity contribution in [2.24, 2.45) is 29.4 Å². The molecule has 148 valence electrons. The summed E-state index contributed by atoms with van der Waals surface area (Å²) in [4.78, 5) is 19.8. The largest absolute Gasteiger partial charge is 0.342 e. The van der Waals surface area contributed by atoms with E-state index in [0.29, 0.717) is 30.2 Å². The number of piperidine rings is 2. The first-order chi connectivity index (χ1) is 13.7. The lowest BCUT2D eigenvalue weighted by atomic mass is 9.83. The number of hydrogen-bond acceptors (Lipinski definition) is 4. The zero-order valence-electron chi connectivity index (χ0n) is 16.6. The maximum Gasteiger partial charge on any atom is 0.222 e. The van der Waals surface area contributed by atoms with Gasteiger partial charge in [-0.15, -0.1) is 0 Å². The van der Waals surface area contributed by atoms with Crippen molar-refractivity contribution >= 4 is 16.8 Å². The topological polar surface area (TPSA) is 71.2 Å². The molecule has 3 N–H and O–H groups in total. The standard InChI is InChI=1S/C23H30N4O/c1-14-7-16(17-5-4-15(9-24)23-18(17)3-2-6-26-23)13-27(12-14)22(28)8-19-20-10-25-11-21(19)20/h2-6,14,16,19-21,25H,7-13,24H2,1H3/t14-,16+,19?,20-,21+/m1/s1. The average Bonchev–Trinajstić information content (AvgIpc) is 3.12. The van der Waals surface area contributed by atoms with Crippen LogP contribution in [0, 0.1) is 23.7 Å². The Labute approximate surface area is 166 Å². The van der Waals surface area contributed by atoms with Gasteiger partial charge in [-0.25, -0.2) is 0 Å². The van der Waals surface area contributed by atoms with E-state index in [4.69, 9.17) is 5.73 Å². The lowest BCUT2D eigenvalue weighted by Crippen LogP contribution is -2.43. The van der Waals surface area contributed by atoms with E-state index in [1.165, 1.54) is 10.9 Å². The number of rotatable bonds is 4. The van der Waals surface area contributed by atoms with Crippen molar-refractivity contribution in [3.63, 3.8) is 0 Å². The summed E-state index contributed by atoms with van der Waals surface area (Å²) in [5.74, 6) is 3.37. The van der Waals surface area contributed by atoms with Gasteiger partial charge in [-0.1, -0.05) is 25.1 Å². The van der Waals surface area contributed by atoms with Crippen LogP contribution in [-0.4, -0.2) is 42.0 Å². The summed E-state index contributed by atoms with van der Waals surface area (Å²) in [7, 11) is 0. The van der Waals surface area contributed by atoms with Gasteiger partial charge in [-0.2, -0.15) is 0 Å². The molecule has 2 saturated heterocycles. The van der Waals surface area contributed by atoms with E-state index in [1.54, 1.807) is 0 Å². The third kappa shape index (κ3) is 3.11. The van der Waals surface area contributed by atoms with Crippen LogP contribution in [-0.2, 0) is 11.3 Å². The third-order valence-corrected chi connectivity index (χ3v) is 7.24. The average molecular weight is 379 g/mol. The number of fused-ring (bicyclic) bond motifs is 2. The monoisotopic (exact) mass is 378 g/mol. The fraction of sp³-hybridized carbons (Fsp3) is 0.565. The lowest BCUT2D eigenvalue weighted by Gasteiger charge is -2.37. The van der Waals surface area contributed by atoms with Gasteiger partial charge >= 0.3 is 0 Å². The Kier molecular flexibility index (Phi) is 4.60. The Morgan fingerprint density at radius 3 is 2.86 bits per heavy atom. The van der Waals surface area contributed by atoms with Gasteiger partial charge < -0.3 is 16.0 Å². The Balaban J connectivity index is 1.37. The van der Waals surface area contributed by atoms with Gasteiger partial charge in [0, 0.05) is 43.6 Å². The van der Waals surface area contributed by atoms with Crippen LogP contribution >= 0.6 is 0 Å². The predicted octanol–water partition coefficient (Wildman–Crippen LogP) is 2.50. The molecule has 3 fully saturated rings. The molecule has 1 aromatic carbocycles. The molecule has 5 heteroatoms. The van der Waals surface area contributed by atoms with E-state index in [1.807, 2.05) is 12.3 Å². The molecule has 0 bridgehead atoms. The van der Waals surface area contributed by atoms with Gasteiger partial charge in [0.2, 0.25) is 5.91 Å². The molecule has 2 aliphatic heterocycles. The molecule has 5 nitrogen and oxygen atoms in total. The number of likely N-dealkylation sites (tertiary alicyclic amines) is 1. The van der Waals surface area contributed by atoms with E-state index >= 15 is 0 Å². The van der Waals surface area contributed by atoms with Crippen molar-refractivity contribution in [1.29, 1.82) is 0 Å². The molecular formula is C23H30N4O. The molecular weight excluding hydrogens is 348 g/mol. The van der Waals surface area contributed by atoms with Gasteiger partial charge in [0.1, 0.15) is 0 Å². The van der Waals surface area contributed by atoms with Crippen LogP contribution in [0.2, 0.25) is 0 Å². The molecule has 3 heterocycles. The molecule has 1 saturated carbocycles. The van der Waals surface area contributed by atoms with Gasteiger partial charge in [0.25, 0.3) is 0 Å². The molecule has 5 atom stereocenters. The van der Waals surface area contributed by atoms with Crippen LogP contribution in [0.15, 0.2) is 30.5 Å². The third-order valence-electron chi connectivity index (χ3n) is 7.24. The van der Waals surface area contributed by atoms with Crippen molar-refractivity contribution in [2.45, 2.75) is 32.2 Å². The Bertz CT molecular complexity index is 887. The van der Waals surface area contributed by atoms with E-state index < -0.39 is 0 Å². The van der Waals surface area contributed by atoms with E-state index in [2.05, 4.69) is 40.3 Å². The minimum absolute atomic E-state index is 0.358. The highest BCUT2D eigenvalue weighted by Gasteiger charge is 2.53. The summed E-state index contributed by atoms with van der Waals surface area (Å²) in [5.41, 5.74) is 9.34. The van der Waals surface area contributed by atoms with Crippen molar-refractivity contribution in [1.82, 2.24) is 15.2 Å². The highest BCUT2D eigenvalue weighted by molar-refractivity contribution is 5.86. The number of carbonyl (C=O) groups excluding carboxylic acids is 1.